The Hall–Kier alpha value is -1.12. The minimum absolute atomic E-state index is 0.0329. The standard InChI is InChI=1S/C8H12O3/c1-3-11-8(10)6-4-5-7(2)9/h4,6H,3,5H2,1-2H3/b6-4+. The molecule has 0 amide bonds. The Morgan fingerprint density at radius 2 is 2.09 bits per heavy atom. The van der Waals surface area contributed by atoms with Crippen molar-refractivity contribution < 1.29 is 14.3 Å². The summed E-state index contributed by atoms with van der Waals surface area (Å²) in [5.74, 6) is -0.362. The van der Waals surface area contributed by atoms with E-state index in [0.717, 1.165) is 0 Å². The lowest BCUT2D eigenvalue weighted by molar-refractivity contribution is -0.137. The molecule has 62 valence electrons. The highest BCUT2D eigenvalue weighted by atomic mass is 16.5. The minimum atomic E-state index is -0.395. The molecule has 0 aliphatic rings. The quantitative estimate of drug-likeness (QED) is 0.452. The summed E-state index contributed by atoms with van der Waals surface area (Å²) in [5.41, 5.74) is 0. The lowest BCUT2D eigenvalue weighted by Gasteiger charge is -1.93. The summed E-state index contributed by atoms with van der Waals surface area (Å²) in [7, 11) is 0. The van der Waals surface area contributed by atoms with Gasteiger partial charge in [0.1, 0.15) is 5.78 Å². The zero-order valence-corrected chi connectivity index (χ0v) is 6.79. The van der Waals surface area contributed by atoms with Gasteiger partial charge in [-0.3, -0.25) is 4.79 Å². The lowest BCUT2D eigenvalue weighted by Crippen LogP contribution is -1.99. The number of esters is 1. The normalized spacial score (nSPS) is 10.0. The van der Waals surface area contributed by atoms with Crippen LogP contribution < -0.4 is 0 Å². The van der Waals surface area contributed by atoms with Crippen LogP contribution in [0.4, 0.5) is 0 Å². The maximum absolute atomic E-state index is 10.6. The Kier molecular flexibility index (Phi) is 5.07. The molecule has 0 saturated heterocycles. The average molecular weight is 156 g/mol. The van der Waals surface area contributed by atoms with Crippen molar-refractivity contribution in [2.45, 2.75) is 20.3 Å². The zero-order chi connectivity index (χ0) is 8.69. The van der Waals surface area contributed by atoms with Gasteiger partial charge in [-0.15, -0.1) is 0 Å². The van der Waals surface area contributed by atoms with Crippen molar-refractivity contribution in [2.24, 2.45) is 0 Å². The molecule has 0 atom stereocenters. The van der Waals surface area contributed by atoms with Gasteiger partial charge in [0.2, 0.25) is 0 Å². The molecule has 0 rings (SSSR count). The second-order valence-electron chi connectivity index (χ2n) is 2.06. The largest absolute Gasteiger partial charge is 0.463 e. The minimum Gasteiger partial charge on any atom is -0.463 e. The summed E-state index contributed by atoms with van der Waals surface area (Å²) in [6.07, 6.45) is 3.06. The molecule has 3 heteroatoms. The van der Waals surface area contributed by atoms with Gasteiger partial charge in [0.25, 0.3) is 0 Å². The molecule has 11 heavy (non-hydrogen) atoms. The first-order valence-electron chi connectivity index (χ1n) is 3.49. The zero-order valence-electron chi connectivity index (χ0n) is 6.79. The van der Waals surface area contributed by atoms with Crippen LogP contribution in [0, 0.1) is 0 Å². The predicted octanol–water partition coefficient (Wildman–Crippen LogP) is 1.08. The third-order valence-electron chi connectivity index (χ3n) is 0.946. The Balaban J connectivity index is 3.56. The molecule has 0 spiro atoms. The fourth-order valence-corrected chi connectivity index (χ4v) is 0.511. The molecular weight excluding hydrogens is 144 g/mol. The van der Waals surface area contributed by atoms with Crippen LogP contribution in [0.25, 0.3) is 0 Å². The van der Waals surface area contributed by atoms with E-state index >= 15 is 0 Å². The van der Waals surface area contributed by atoms with Gasteiger partial charge in [0.05, 0.1) is 6.61 Å². The fraction of sp³-hybridized carbons (Fsp3) is 0.500. The van der Waals surface area contributed by atoms with Crippen LogP contribution in [0.5, 0.6) is 0 Å². The summed E-state index contributed by atoms with van der Waals surface area (Å²) in [5, 5.41) is 0. The van der Waals surface area contributed by atoms with Crippen LogP contribution in [0.15, 0.2) is 12.2 Å². The number of hydrogen-bond donors (Lipinski definition) is 0. The highest BCUT2D eigenvalue weighted by molar-refractivity contribution is 5.84. The smallest absolute Gasteiger partial charge is 0.330 e. The number of rotatable bonds is 4. The molecule has 0 aliphatic carbocycles. The van der Waals surface area contributed by atoms with Gasteiger partial charge in [-0.25, -0.2) is 4.79 Å². The van der Waals surface area contributed by atoms with E-state index in [1.807, 2.05) is 0 Å². The number of allylic oxidation sites excluding steroid dienone is 1. The monoisotopic (exact) mass is 156 g/mol. The van der Waals surface area contributed by atoms with Gasteiger partial charge in [-0.2, -0.15) is 0 Å². The SMILES string of the molecule is CCOC(=O)/C=C/CC(C)=O. The number of carbonyl (C=O) groups excluding carboxylic acids is 2. The third kappa shape index (κ3) is 6.77. The molecular formula is C8H12O3. The maximum Gasteiger partial charge on any atom is 0.330 e. The molecule has 0 heterocycles. The predicted molar refractivity (Wildman–Crippen MR) is 41.1 cm³/mol. The van der Waals surface area contributed by atoms with E-state index < -0.39 is 5.97 Å². The van der Waals surface area contributed by atoms with E-state index in [9.17, 15) is 9.59 Å². The van der Waals surface area contributed by atoms with Crippen molar-refractivity contribution in [1.82, 2.24) is 0 Å². The molecule has 0 radical (unpaired) electrons. The van der Waals surface area contributed by atoms with Crippen molar-refractivity contribution in [1.29, 1.82) is 0 Å². The number of ketones is 1. The summed E-state index contributed by atoms with van der Waals surface area (Å²) < 4.78 is 4.59. The van der Waals surface area contributed by atoms with Crippen LogP contribution in [0.1, 0.15) is 20.3 Å². The average Bonchev–Trinajstić information content (AvgIpc) is 1.87. The van der Waals surface area contributed by atoms with Crippen molar-refractivity contribution in [3.8, 4) is 0 Å². The summed E-state index contributed by atoms with van der Waals surface area (Å²) >= 11 is 0. The van der Waals surface area contributed by atoms with E-state index in [4.69, 9.17) is 0 Å². The second kappa shape index (κ2) is 5.65. The Morgan fingerprint density at radius 3 is 2.55 bits per heavy atom. The molecule has 0 aromatic heterocycles. The van der Waals surface area contributed by atoms with Crippen molar-refractivity contribution >= 4 is 11.8 Å². The molecule has 0 aromatic rings. The first-order valence-corrected chi connectivity index (χ1v) is 3.49. The van der Waals surface area contributed by atoms with Gasteiger partial charge < -0.3 is 4.74 Å². The second-order valence-corrected chi connectivity index (χ2v) is 2.06. The van der Waals surface area contributed by atoms with Gasteiger partial charge >= 0.3 is 5.97 Å². The van der Waals surface area contributed by atoms with Gasteiger partial charge in [0, 0.05) is 12.5 Å². The topological polar surface area (TPSA) is 43.4 Å². The van der Waals surface area contributed by atoms with E-state index in [2.05, 4.69) is 4.74 Å². The van der Waals surface area contributed by atoms with E-state index in [0.29, 0.717) is 13.0 Å². The van der Waals surface area contributed by atoms with Crippen LogP contribution >= 0.6 is 0 Å². The van der Waals surface area contributed by atoms with Crippen molar-refractivity contribution in [3.05, 3.63) is 12.2 Å². The lowest BCUT2D eigenvalue weighted by atomic mass is 10.3. The first-order chi connectivity index (χ1) is 5.16. The molecule has 0 N–H and O–H groups in total. The van der Waals surface area contributed by atoms with E-state index in [-0.39, 0.29) is 5.78 Å². The van der Waals surface area contributed by atoms with E-state index in [1.165, 1.54) is 19.1 Å². The molecule has 0 unspecified atom stereocenters. The Labute approximate surface area is 66.0 Å². The Bertz CT molecular complexity index is 170. The molecule has 3 nitrogen and oxygen atoms in total. The number of Topliss-reactive ketones (excluding diaryl/α,β-unsaturated/α-hetero) is 1. The maximum atomic E-state index is 10.6. The number of carbonyl (C=O) groups is 2. The van der Waals surface area contributed by atoms with Crippen LogP contribution in [0.3, 0.4) is 0 Å². The summed E-state index contributed by atoms with van der Waals surface area (Å²) in [4.78, 5) is 21.0. The molecule has 0 bridgehead atoms. The fourth-order valence-electron chi connectivity index (χ4n) is 0.511. The highest BCUT2D eigenvalue weighted by Gasteiger charge is 1.92. The molecule has 0 aromatic carbocycles. The number of ether oxygens (including phenoxy) is 1. The molecule has 0 fully saturated rings. The van der Waals surface area contributed by atoms with E-state index in [1.54, 1.807) is 6.92 Å². The molecule has 0 saturated carbocycles. The number of hydrogen-bond acceptors (Lipinski definition) is 3. The first kappa shape index (κ1) is 9.88. The van der Waals surface area contributed by atoms with Crippen LogP contribution in [-0.4, -0.2) is 18.4 Å². The summed E-state index contributed by atoms with van der Waals surface area (Å²) in [6.45, 7) is 3.56. The van der Waals surface area contributed by atoms with Crippen molar-refractivity contribution in [3.63, 3.8) is 0 Å². The van der Waals surface area contributed by atoms with Crippen LogP contribution in [0.2, 0.25) is 0 Å². The highest BCUT2D eigenvalue weighted by Crippen LogP contribution is 1.86. The third-order valence-corrected chi connectivity index (χ3v) is 0.946. The van der Waals surface area contributed by atoms with Gasteiger partial charge in [0.15, 0.2) is 0 Å². The molecule has 0 aliphatic heterocycles. The van der Waals surface area contributed by atoms with Gasteiger partial charge in [-0.05, 0) is 13.8 Å². The van der Waals surface area contributed by atoms with Crippen LogP contribution in [-0.2, 0) is 14.3 Å². The Morgan fingerprint density at radius 1 is 1.45 bits per heavy atom. The van der Waals surface area contributed by atoms with Crippen molar-refractivity contribution in [2.75, 3.05) is 6.61 Å². The summed E-state index contributed by atoms with van der Waals surface area (Å²) in [6, 6.07) is 0. The van der Waals surface area contributed by atoms with Gasteiger partial charge in [-0.1, -0.05) is 6.08 Å².